The van der Waals surface area contributed by atoms with Crippen LogP contribution in [0.1, 0.15) is 11.9 Å². The fourth-order valence-corrected chi connectivity index (χ4v) is 5.76. The summed E-state index contributed by atoms with van der Waals surface area (Å²) in [4.78, 5) is 8.76. The molecule has 1 aromatic carbocycles. The molecule has 1 fully saturated rings. The lowest BCUT2D eigenvalue weighted by molar-refractivity contribution is 0.258. The second-order valence-corrected chi connectivity index (χ2v) is 8.78. The van der Waals surface area contributed by atoms with Crippen LogP contribution in [0.15, 0.2) is 53.1 Å². The number of aryl methyl sites for hydroxylation is 1. The number of piperazine rings is 1. The number of imidazole rings is 1. The minimum Gasteiger partial charge on any atom is -0.337 e. The van der Waals surface area contributed by atoms with Crippen LogP contribution in [-0.2, 0) is 17.1 Å². The first kappa shape index (κ1) is 17.3. The summed E-state index contributed by atoms with van der Waals surface area (Å²) in [6, 6.07) is 9.26. The van der Waals surface area contributed by atoms with Crippen molar-refractivity contribution in [2.45, 2.75) is 11.1 Å². The minimum atomic E-state index is -3.70. The third-order valence-corrected chi connectivity index (χ3v) is 7.26. The number of hydrogen-bond acceptors (Lipinski definition) is 6. The maximum Gasteiger partial charge on any atom is 0.262 e. The molecule has 1 aliphatic heterocycles. The molecular formula is C17H19N5O2S2. The van der Waals surface area contributed by atoms with E-state index in [1.54, 1.807) is 11.6 Å². The van der Waals surface area contributed by atoms with Gasteiger partial charge in [0.05, 0.1) is 6.04 Å². The van der Waals surface area contributed by atoms with E-state index in [1.165, 1.54) is 15.6 Å². The third kappa shape index (κ3) is 3.07. The highest BCUT2D eigenvalue weighted by Gasteiger charge is 2.37. The summed E-state index contributed by atoms with van der Waals surface area (Å²) in [5.41, 5.74) is 0.917. The highest BCUT2D eigenvalue weighted by atomic mass is 32.2. The minimum absolute atomic E-state index is 0.0995. The average Bonchev–Trinajstić information content (AvgIpc) is 3.32. The summed E-state index contributed by atoms with van der Waals surface area (Å²) in [5, 5.41) is 5.68. The summed E-state index contributed by atoms with van der Waals surface area (Å²) >= 11 is 1.34. The fraction of sp³-hybridized carbons (Fsp3) is 0.294. The number of benzene rings is 1. The first-order chi connectivity index (χ1) is 12.6. The van der Waals surface area contributed by atoms with Crippen molar-refractivity contribution in [2.75, 3.05) is 19.6 Å². The zero-order valence-electron chi connectivity index (χ0n) is 14.2. The smallest absolute Gasteiger partial charge is 0.262 e. The molecule has 1 saturated heterocycles. The van der Waals surface area contributed by atoms with Crippen LogP contribution in [0.3, 0.4) is 0 Å². The summed E-state index contributed by atoms with van der Waals surface area (Å²) in [5.74, 6) is 0.722. The number of rotatable bonds is 4. The number of hydrogen-bond donors (Lipinski definition) is 1. The molecule has 9 heteroatoms. The molecule has 26 heavy (non-hydrogen) atoms. The van der Waals surface area contributed by atoms with E-state index in [0.717, 1.165) is 11.4 Å². The molecule has 3 aromatic rings. The van der Waals surface area contributed by atoms with Crippen LogP contribution in [0.2, 0.25) is 0 Å². The number of thiazole rings is 1. The van der Waals surface area contributed by atoms with Gasteiger partial charge in [0.25, 0.3) is 10.0 Å². The molecule has 7 nitrogen and oxygen atoms in total. The van der Waals surface area contributed by atoms with Gasteiger partial charge in [0.1, 0.15) is 10.8 Å². The largest absolute Gasteiger partial charge is 0.337 e. The van der Waals surface area contributed by atoms with Gasteiger partial charge in [-0.2, -0.15) is 4.31 Å². The molecule has 1 N–H and O–H groups in total. The Morgan fingerprint density at radius 1 is 1.27 bits per heavy atom. The molecule has 1 aliphatic rings. The van der Waals surface area contributed by atoms with E-state index in [1.807, 2.05) is 48.1 Å². The van der Waals surface area contributed by atoms with E-state index in [2.05, 4.69) is 15.3 Å². The van der Waals surface area contributed by atoms with Gasteiger partial charge in [0, 0.05) is 50.0 Å². The lowest BCUT2D eigenvalue weighted by Crippen LogP contribution is -2.49. The Morgan fingerprint density at radius 3 is 2.81 bits per heavy atom. The van der Waals surface area contributed by atoms with Gasteiger partial charge in [-0.3, -0.25) is 0 Å². The first-order valence-electron chi connectivity index (χ1n) is 8.28. The number of nitrogens with zero attached hydrogens (tertiary/aromatic N) is 4. The van der Waals surface area contributed by atoms with Crippen LogP contribution in [0.5, 0.6) is 0 Å². The quantitative estimate of drug-likeness (QED) is 0.737. The monoisotopic (exact) mass is 389 g/mol. The van der Waals surface area contributed by atoms with Gasteiger partial charge in [0.15, 0.2) is 5.03 Å². The van der Waals surface area contributed by atoms with E-state index in [-0.39, 0.29) is 11.1 Å². The van der Waals surface area contributed by atoms with Crippen molar-refractivity contribution in [3.8, 4) is 10.6 Å². The van der Waals surface area contributed by atoms with Crippen LogP contribution in [0.4, 0.5) is 0 Å². The number of aromatic nitrogens is 3. The molecule has 0 spiro atoms. The number of sulfonamides is 1. The van der Waals surface area contributed by atoms with Crippen molar-refractivity contribution in [1.82, 2.24) is 24.2 Å². The van der Waals surface area contributed by atoms with Gasteiger partial charge in [-0.25, -0.2) is 18.4 Å². The topological polar surface area (TPSA) is 80.1 Å². The molecule has 4 rings (SSSR count). The molecule has 3 heterocycles. The van der Waals surface area contributed by atoms with Gasteiger partial charge in [-0.1, -0.05) is 30.3 Å². The van der Waals surface area contributed by atoms with Crippen LogP contribution in [0.25, 0.3) is 10.6 Å². The Kier molecular flexibility index (Phi) is 4.62. The van der Waals surface area contributed by atoms with Gasteiger partial charge in [0.2, 0.25) is 0 Å². The predicted molar refractivity (Wildman–Crippen MR) is 100 cm³/mol. The summed E-state index contributed by atoms with van der Waals surface area (Å²) < 4.78 is 29.9. The molecule has 1 atom stereocenters. The lowest BCUT2D eigenvalue weighted by atomic mass is 10.2. The standard InChI is InChI=1S/C17H19N5O2S2/c1-21-9-8-19-16(21)14-11-18-7-10-22(14)26(23,24)15-12-25-17(20-15)13-5-3-2-4-6-13/h2-6,8-9,12,14,18H,7,10-11H2,1H3. The molecule has 0 saturated carbocycles. The van der Waals surface area contributed by atoms with Crippen molar-refractivity contribution in [1.29, 1.82) is 0 Å². The van der Waals surface area contributed by atoms with E-state index >= 15 is 0 Å². The van der Waals surface area contributed by atoms with Crippen molar-refractivity contribution in [2.24, 2.45) is 7.05 Å². The first-order valence-corrected chi connectivity index (χ1v) is 10.6. The van der Waals surface area contributed by atoms with Gasteiger partial charge in [-0.15, -0.1) is 11.3 Å². The average molecular weight is 390 g/mol. The second-order valence-electron chi connectivity index (χ2n) is 6.09. The van der Waals surface area contributed by atoms with Crippen molar-refractivity contribution in [3.05, 3.63) is 53.9 Å². The van der Waals surface area contributed by atoms with E-state index in [0.29, 0.717) is 24.6 Å². The van der Waals surface area contributed by atoms with Gasteiger partial charge in [-0.05, 0) is 0 Å². The van der Waals surface area contributed by atoms with E-state index < -0.39 is 10.0 Å². The molecule has 0 bridgehead atoms. The maximum absolute atomic E-state index is 13.3. The van der Waals surface area contributed by atoms with Crippen molar-refractivity contribution < 1.29 is 8.42 Å². The Labute approximate surface area is 156 Å². The SMILES string of the molecule is Cn1ccnc1C1CNCCN1S(=O)(=O)c1csc(-c2ccccc2)n1. The van der Waals surface area contributed by atoms with E-state index in [4.69, 9.17) is 0 Å². The number of nitrogens with one attached hydrogen (secondary N) is 1. The summed E-state index contributed by atoms with van der Waals surface area (Å²) in [6.45, 7) is 1.52. The Hall–Kier alpha value is -2.07. The maximum atomic E-state index is 13.3. The molecule has 136 valence electrons. The van der Waals surface area contributed by atoms with Crippen molar-refractivity contribution in [3.63, 3.8) is 0 Å². The predicted octanol–water partition coefficient (Wildman–Crippen LogP) is 1.88. The zero-order chi connectivity index (χ0) is 18.1. The third-order valence-electron chi connectivity index (χ3n) is 4.43. The Bertz CT molecular complexity index is 997. The Balaban J connectivity index is 1.69. The molecule has 2 aromatic heterocycles. The molecule has 0 radical (unpaired) electrons. The fourth-order valence-electron chi connectivity index (χ4n) is 3.10. The normalized spacial score (nSPS) is 18.9. The van der Waals surface area contributed by atoms with Crippen molar-refractivity contribution >= 4 is 21.4 Å². The summed E-state index contributed by atoms with van der Waals surface area (Å²) in [6.07, 6.45) is 3.51. The summed E-state index contributed by atoms with van der Waals surface area (Å²) in [7, 11) is -1.83. The van der Waals surface area contributed by atoms with Crippen LogP contribution >= 0.6 is 11.3 Å². The molecular weight excluding hydrogens is 370 g/mol. The second kappa shape index (κ2) is 6.92. The van der Waals surface area contributed by atoms with Crippen LogP contribution in [0, 0.1) is 0 Å². The van der Waals surface area contributed by atoms with Crippen LogP contribution < -0.4 is 5.32 Å². The molecule has 0 amide bonds. The van der Waals surface area contributed by atoms with Gasteiger partial charge >= 0.3 is 0 Å². The molecule has 0 aliphatic carbocycles. The van der Waals surface area contributed by atoms with E-state index in [9.17, 15) is 8.42 Å². The zero-order valence-corrected chi connectivity index (χ0v) is 15.9. The Morgan fingerprint density at radius 2 is 2.08 bits per heavy atom. The highest BCUT2D eigenvalue weighted by molar-refractivity contribution is 7.89. The van der Waals surface area contributed by atoms with Crippen LogP contribution in [-0.4, -0.2) is 46.9 Å². The highest BCUT2D eigenvalue weighted by Crippen LogP contribution is 2.31. The van der Waals surface area contributed by atoms with Gasteiger partial charge < -0.3 is 9.88 Å². The molecule has 1 unspecified atom stereocenters. The lowest BCUT2D eigenvalue weighted by Gasteiger charge is -2.34.